The molecule has 1 aliphatic heterocycles. The van der Waals surface area contributed by atoms with Crippen LogP contribution in [0.15, 0.2) is 30.3 Å². The summed E-state index contributed by atoms with van der Waals surface area (Å²) in [6.07, 6.45) is 6.19. The summed E-state index contributed by atoms with van der Waals surface area (Å²) < 4.78 is 0. The van der Waals surface area contributed by atoms with Gasteiger partial charge in [0.25, 0.3) is 0 Å². The Labute approximate surface area is 128 Å². The quantitative estimate of drug-likeness (QED) is 0.902. The maximum atomic E-state index is 10.2. The third-order valence-corrected chi connectivity index (χ3v) is 5.15. The minimum absolute atomic E-state index is 0.320. The summed E-state index contributed by atoms with van der Waals surface area (Å²) in [5.41, 5.74) is 1.04. The summed E-state index contributed by atoms with van der Waals surface area (Å²) in [5, 5.41) is 10.2. The van der Waals surface area contributed by atoms with Crippen LogP contribution in [0.4, 0.5) is 0 Å². The molecule has 3 nitrogen and oxygen atoms in total. The van der Waals surface area contributed by atoms with Crippen LogP contribution in [-0.4, -0.2) is 53.7 Å². The lowest BCUT2D eigenvalue weighted by Gasteiger charge is -2.38. The maximum Gasteiger partial charge on any atom is 0.0802 e. The first-order chi connectivity index (χ1) is 10.3. The van der Waals surface area contributed by atoms with Gasteiger partial charge in [-0.15, -0.1) is 0 Å². The van der Waals surface area contributed by atoms with Crippen LogP contribution in [0, 0.1) is 0 Å². The van der Waals surface area contributed by atoms with Crippen molar-refractivity contribution in [1.29, 1.82) is 0 Å². The average Bonchev–Trinajstić information content (AvgIpc) is 3.08. The van der Waals surface area contributed by atoms with E-state index < -0.39 is 0 Å². The van der Waals surface area contributed by atoms with Crippen molar-refractivity contribution in [3.05, 3.63) is 35.9 Å². The number of aliphatic hydroxyl groups is 1. The van der Waals surface area contributed by atoms with E-state index >= 15 is 0 Å². The minimum atomic E-state index is -0.320. The van der Waals surface area contributed by atoms with Crippen molar-refractivity contribution in [2.45, 2.75) is 44.2 Å². The summed E-state index contributed by atoms with van der Waals surface area (Å²) in [6, 6.07) is 10.9. The second-order valence-electron chi connectivity index (χ2n) is 6.53. The summed E-state index contributed by atoms with van der Waals surface area (Å²) in [7, 11) is 0. The van der Waals surface area contributed by atoms with Crippen LogP contribution in [0.2, 0.25) is 0 Å². The van der Waals surface area contributed by atoms with E-state index in [1.807, 2.05) is 30.3 Å². The highest BCUT2D eigenvalue weighted by Crippen LogP contribution is 2.24. The van der Waals surface area contributed by atoms with Gasteiger partial charge in [-0.2, -0.15) is 0 Å². The normalized spacial score (nSPS) is 23.5. The molecule has 0 bridgehead atoms. The Kier molecular flexibility index (Phi) is 5.28. The standard InChI is InChI=1S/C18H28N2O/c21-18(16-6-2-1-3-7-16)10-11-19-12-14-20(15-13-19)17-8-4-5-9-17/h1-3,6-7,17-18,21H,4-5,8-15H2. The van der Waals surface area contributed by atoms with Gasteiger partial charge in [-0.3, -0.25) is 4.90 Å². The Bertz CT molecular complexity index is 408. The molecule has 3 rings (SSSR count). The molecule has 0 amide bonds. The van der Waals surface area contributed by atoms with E-state index in [-0.39, 0.29) is 6.10 Å². The highest BCUT2D eigenvalue weighted by Gasteiger charge is 2.26. The smallest absolute Gasteiger partial charge is 0.0802 e. The van der Waals surface area contributed by atoms with Gasteiger partial charge in [0.05, 0.1) is 6.10 Å². The number of hydrogen-bond donors (Lipinski definition) is 1. The third kappa shape index (κ3) is 4.06. The minimum Gasteiger partial charge on any atom is -0.388 e. The zero-order chi connectivity index (χ0) is 14.5. The molecule has 1 saturated heterocycles. The van der Waals surface area contributed by atoms with Gasteiger partial charge in [0, 0.05) is 38.8 Å². The molecule has 0 aromatic heterocycles. The van der Waals surface area contributed by atoms with Gasteiger partial charge in [0.15, 0.2) is 0 Å². The van der Waals surface area contributed by atoms with Crippen LogP contribution < -0.4 is 0 Å². The van der Waals surface area contributed by atoms with Crippen LogP contribution in [-0.2, 0) is 0 Å². The highest BCUT2D eigenvalue weighted by molar-refractivity contribution is 5.17. The Morgan fingerprint density at radius 1 is 1.00 bits per heavy atom. The van der Waals surface area contributed by atoms with E-state index in [4.69, 9.17) is 0 Å². The Morgan fingerprint density at radius 2 is 1.67 bits per heavy atom. The van der Waals surface area contributed by atoms with Crippen LogP contribution in [0.5, 0.6) is 0 Å². The van der Waals surface area contributed by atoms with Gasteiger partial charge in [0.1, 0.15) is 0 Å². The van der Waals surface area contributed by atoms with Gasteiger partial charge < -0.3 is 10.0 Å². The van der Waals surface area contributed by atoms with Gasteiger partial charge >= 0.3 is 0 Å². The van der Waals surface area contributed by atoms with E-state index in [0.717, 1.165) is 37.7 Å². The molecule has 1 aromatic rings. The van der Waals surface area contributed by atoms with Crippen molar-refractivity contribution in [2.24, 2.45) is 0 Å². The largest absolute Gasteiger partial charge is 0.388 e. The van der Waals surface area contributed by atoms with Crippen molar-refractivity contribution in [3.63, 3.8) is 0 Å². The zero-order valence-corrected chi connectivity index (χ0v) is 13.0. The Balaban J connectivity index is 1.39. The predicted molar refractivity (Wildman–Crippen MR) is 86.3 cm³/mol. The molecule has 1 saturated carbocycles. The number of aliphatic hydroxyl groups excluding tert-OH is 1. The summed E-state index contributed by atoms with van der Waals surface area (Å²) in [4.78, 5) is 5.20. The molecule has 1 aliphatic carbocycles. The van der Waals surface area contributed by atoms with Crippen LogP contribution in [0.25, 0.3) is 0 Å². The number of rotatable bonds is 5. The van der Waals surface area contributed by atoms with E-state index in [1.165, 1.54) is 38.8 Å². The van der Waals surface area contributed by atoms with Crippen molar-refractivity contribution in [2.75, 3.05) is 32.7 Å². The topological polar surface area (TPSA) is 26.7 Å². The van der Waals surface area contributed by atoms with E-state index in [0.29, 0.717) is 0 Å². The molecular weight excluding hydrogens is 260 g/mol. The lowest BCUT2D eigenvalue weighted by molar-refractivity contribution is 0.0811. The molecule has 0 spiro atoms. The third-order valence-electron chi connectivity index (χ3n) is 5.15. The monoisotopic (exact) mass is 288 g/mol. The molecule has 1 aromatic carbocycles. The first-order valence-corrected chi connectivity index (χ1v) is 8.52. The molecule has 1 atom stereocenters. The van der Waals surface area contributed by atoms with Crippen LogP contribution >= 0.6 is 0 Å². The molecule has 0 radical (unpaired) electrons. The SMILES string of the molecule is OC(CCN1CCN(C2CCCC2)CC1)c1ccccc1. The van der Waals surface area contributed by atoms with Gasteiger partial charge in [-0.25, -0.2) is 0 Å². The lowest BCUT2D eigenvalue weighted by atomic mass is 10.1. The number of piperazine rings is 1. The van der Waals surface area contributed by atoms with Crippen molar-refractivity contribution in [1.82, 2.24) is 9.80 Å². The predicted octanol–water partition coefficient (Wildman–Crippen LogP) is 2.67. The first-order valence-electron chi connectivity index (χ1n) is 8.52. The molecule has 3 heteroatoms. The van der Waals surface area contributed by atoms with Gasteiger partial charge in [-0.1, -0.05) is 43.2 Å². The molecule has 2 aliphatic rings. The molecule has 2 fully saturated rings. The number of nitrogens with zero attached hydrogens (tertiary/aromatic N) is 2. The van der Waals surface area contributed by atoms with Gasteiger partial charge in [-0.05, 0) is 24.8 Å². The molecule has 1 heterocycles. The van der Waals surface area contributed by atoms with Crippen molar-refractivity contribution in [3.8, 4) is 0 Å². The van der Waals surface area contributed by atoms with Gasteiger partial charge in [0.2, 0.25) is 0 Å². The van der Waals surface area contributed by atoms with Crippen LogP contribution in [0.1, 0.15) is 43.8 Å². The second-order valence-corrected chi connectivity index (χ2v) is 6.53. The average molecular weight is 288 g/mol. The molecule has 1 unspecified atom stereocenters. The lowest BCUT2D eigenvalue weighted by Crippen LogP contribution is -2.49. The number of benzene rings is 1. The fourth-order valence-corrected chi connectivity index (χ4v) is 3.77. The zero-order valence-electron chi connectivity index (χ0n) is 13.0. The highest BCUT2D eigenvalue weighted by atomic mass is 16.3. The Hall–Kier alpha value is -0.900. The summed E-state index contributed by atoms with van der Waals surface area (Å²) >= 11 is 0. The molecular formula is C18H28N2O. The maximum absolute atomic E-state index is 10.2. The summed E-state index contributed by atoms with van der Waals surface area (Å²) in [5.74, 6) is 0. The Morgan fingerprint density at radius 3 is 2.33 bits per heavy atom. The van der Waals surface area contributed by atoms with E-state index in [1.54, 1.807) is 0 Å². The number of hydrogen-bond acceptors (Lipinski definition) is 3. The fourth-order valence-electron chi connectivity index (χ4n) is 3.77. The van der Waals surface area contributed by atoms with Crippen molar-refractivity contribution >= 4 is 0 Å². The van der Waals surface area contributed by atoms with Crippen molar-refractivity contribution < 1.29 is 5.11 Å². The molecule has 1 N–H and O–H groups in total. The summed E-state index contributed by atoms with van der Waals surface area (Å²) in [6.45, 7) is 5.77. The van der Waals surface area contributed by atoms with E-state index in [9.17, 15) is 5.11 Å². The molecule has 116 valence electrons. The van der Waals surface area contributed by atoms with E-state index in [2.05, 4.69) is 9.80 Å². The second kappa shape index (κ2) is 7.39. The first kappa shape index (κ1) is 15.0. The van der Waals surface area contributed by atoms with Crippen LogP contribution in [0.3, 0.4) is 0 Å². The molecule has 21 heavy (non-hydrogen) atoms. The fraction of sp³-hybridized carbons (Fsp3) is 0.667.